The van der Waals surface area contributed by atoms with Gasteiger partial charge in [0.25, 0.3) is 0 Å². The number of carbonyl (C=O) groups is 1. The Bertz CT molecular complexity index is 375. The first kappa shape index (κ1) is 12.6. The van der Waals surface area contributed by atoms with E-state index in [1.807, 2.05) is 13.8 Å². The van der Waals surface area contributed by atoms with Gasteiger partial charge >= 0.3 is 5.97 Å². The smallest absolute Gasteiger partial charge is 0.358 e. The van der Waals surface area contributed by atoms with Crippen molar-refractivity contribution in [1.29, 1.82) is 0 Å². The molecule has 0 spiro atoms. The predicted octanol–water partition coefficient (Wildman–Crippen LogP) is 1.65. The Balaban J connectivity index is 3.24. The second kappa shape index (κ2) is 5.07. The molecule has 2 unspecified atom stereocenters. The summed E-state index contributed by atoms with van der Waals surface area (Å²) in [6.45, 7) is 5.75. The van der Waals surface area contributed by atoms with Gasteiger partial charge in [0.15, 0.2) is 5.69 Å². The van der Waals surface area contributed by atoms with E-state index in [1.54, 1.807) is 11.6 Å². The highest BCUT2D eigenvalue weighted by Gasteiger charge is 2.25. The summed E-state index contributed by atoms with van der Waals surface area (Å²) in [4.78, 5) is 11.0. The Labute approximate surface area is 94.2 Å². The van der Waals surface area contributed by atoms with Crippen LogP contribution < -0.4 is 0 Å². The van der Waals surface area contributed by atoms with Gasteiger partial charge in [-0.25, -0.2) is 9.48 Å². The first-order chi connectivity index (χ1) is 7.52. The molecule has 6 nitrogen and oxygen atoms in total. The third kappa shape index (κ3) is 2.21. The number of nitrogens with zero attached hydrogens (tertiary/aromatic N) is 3. The van der Waals surface area contributed by atoms with Gasteiger partial charge in [0.1, 0.15) is 5.69 Å². The van der Waals surface area contributed by atoms with Crippen molar-refractivity contribution in [2.75, 3.05) is 7.11 Å². The molecule has 0 aromatic carbocycles. The summed E-state index contributed by atoms with van der Waals surface area (Å²) < 4.78 is 6.78. The highest BCUT2D eigenvalue weighted by Crippen LogP contribution is 2.23. The lowest BCUT2D eigenvalue weighted by Gasteiger charge is -2.16. The zero-order valence-electron chi connectivity index (χ0n) is 9.97. The minimum absolute atomic E-state index is 0.0327. The van der Waals surface area contributed by atoms with Gasteiger partial charge in [-0.05, 0) is 20.3 Å². The van der Waals surface area contributed by atoms with Crippen LogP contribution in [0.5, 0.6) is 0 Å². The average Bonchev–Trinajstić information content (AvgIpc) is 2.71. The van der Waals surface area contributed by atoms with Gasteiger partial charge in [-0.2, -0.15) is 0 Å². The van der Waals surface area contributed by atoms with E-state index in [-0.39, 0.29) is 17.8 Å². The van der Waals surface area contributed by atoms with Gasteiger partial charge in [0.05, 0.1) is 12.1 Å². The first-order valence-corrected chi connectivity index (χ1v) is 5.24. The van der Waals surface area contributed by atoms with Crippen molar-refractivity contribution >= 4 is 5.97 Å². The van der Waals surface area contributed by atoms with Crippen LogP contribution in [0.2, 0.25) is 0 Å². The number of methoxy groups -OCH3 is 1. The molecule has 1 rings (SSSR count). The number of ether oxygens (including phenoxy) is 1. The summed E-state index contributed by atoms with van der Waals surface area (Å²) in [5.41, 5.74) is 0.485. The molecule has 0 aliphatic carbocycles. The molecule has 0 saturated carbocycles. The van der Waals surface area contributed by atoms with Gasteiger partial charge in [-0.1, -0.05) is 12.1 Å². The van der Waals surface area contributed by atoms with E-state index in [2.05, 4.69) is 10.3 Å². The van der Waals surface area contributed by atoms with Crippen LogP contribution >= 0.6 is 0 Å². The Kier molecular flexibility index (Phi) is 4.00. The van der Waals surface area contributed by atoms with Crippen LogP contribution in [0, 0.1) is 0 Å². The fraction of sp³-hybridized carbons (Fsp3) is 0.700. The topological polar surface area (TPSA) is 77.2 Å². The van der Waals surface area contributed by atoms with Crippen LogP contribution in [-0.4, -0.2) is 33.2 Å². The molecule has 1 aromatic rings. The lowest BCUT2D eigenvalue weighted by molar-refractivity contribution is 0.0673. The summed E-state index contributed by atoms with van der Waals surface area (Å²) in [7, 11) is 1.53. The van der Waals surface area contributed by atoms with Crippen molar-refractivity contribution in [2.45, 2.75) is 39.3 Å². The van der Waals surface area contributed by atoms with E-state index in [0.29, 0.717) is 5.69 Å². The van der Waals surface area contributed by atoms with Crippen molar-refractivity contribution in [3.63, 3.8) is 0 Å². The van der Waals surface area contributed by atoms with Gasteiger partial charge in [-0.15, -0.1) is 5.10 Å². The summed E-state index contributed by atoms with van der Waals surface area (Å²) in [5.74, 6) is -1.08. The van der Waals surface area contributed by atoms with E-state index in [4.69, 9.17) is 9.84 Å². The standard InChI is InChI=1S/C10H17N3O3/c1-5-6(2)13-9(7(3)16-4)8(10(14)15)11-12-13/h6-7H,5H2,1-4H3,(H,14,15). The number of hydrogen-bond donors (Lipinski definition) is 1. The van der Waals surface area contributed by atoms with Crippen molar-refractivity contribution < 1.29 is 14.6 Å². The molecule has 0 saturated heterocycles. The molecule has 90 valence electrons. The molecule has 2 atom stereocenters. The maximum absolute atomic E-state index is 11.0. The molecule has 1 N–H and O–H groups in total. The van der Waals surface area contributed by atoms with Crippen LogP contribution in [0.15, 0.2) is 0 Å². The quantitative estimate of drug-likeness (QED) is 0.827. The summed E-state index contributed by atoms with van der Waals surface area (Å²) >= 11 is 0. The zero-order chi connectivity index (χ0) is 12.3. The van der Waals surface area contributed by atoms with Gasteiger partial charge < -0.3 is 9.84 Å². The fourth-order valence-electron chi connectivity index (χ4n) is 1.44. The Morgan fingerprint density at radius 1 is 1.56 bits per heavy atom. The second-order valence-corrected chi connectivity index (χ2v) is 3.71. The minimum atomic E-state index is -1.08. The van der Waals surface area contributed by atoms with Crippen molar-refractivity contribution in [2.24, 2.45) is 0 Å². The summed E-state index contributed by atoms with van der Waals surface area (Å²) in [6.07, 6.45) is 0.515. The molecule has 6 heteroatoms. The normalized spacial score (nSPS) is 14.8. The van der Waals surface area contributed by atoms with Crippen molar-refractivity contribution in [1.82, 2.24) is 15.0 Å². The third-order valence-electron chi connectivity index (χ3n) is 2.68. The van der Waals surface area contributed by atoms with Crippen LogP contribution in [0.4, 0.5) is 0 Å². The molecule has 0 fully saturated rings. The Morgan fingerprint density at radius 2 is 2.19 bits per heavy atom. The lowest BCUT2D eigenvalue weighted by atomic mass is 10.2. The maximum atomic E-state index is 11.0. The highest BCUT2D eigenvalue weighted by atomic mass is 16.5. The molecule has 0 aliphatic heterocycles. The molecule has 0 aliphatic rings. The van der Waals surface area contributed by atoms with Crippen LogP contribution in [0.1, 0.15) is 55.5 Å². The minimum Gasteiger partial charge on any atom is -0.476 e. The monoisotopic (exact) mass is 227 g/mol. The molecular formula is C10H17N3O3. The molecule has 0 bridgehead atoms. The zero-order valence-corrected chi connectivity index (χ0v) is 9.97. The Hall–Kier alpha value is -1.43. The number of aromatic carboxylic acids is 1. The lowest BCUT2D eigenvalue weighted by Crippen LogP contribution is -2.15. The predicted molar refractivity (Wildman–Crippen MR) is 57.4 cm³/mol. The van der Waals surface area contributed by atoms with Gasteiger partial charge in [-0.3, -0.25) is 0 Å². The molecule has 0 amide bonds. The molecule has 16 heavy (non-hydrogen) atoms. The van der Waals surface area contributed by atoms with E-state index in [9.17, 15) is 4.79 Å². The van der Waals surface area contributed by atoms with Crippen LogP contribution in [0.25, 0.3) is 0 Å². The SMILES string of the molecule is CCC(C)n1nnc(C(=O)O)c1C(C)OC. The maximum Gasteiger partial charge on any atom is 0.358 e. The average molecular weight is 227 g/mol. The fourth-order valence-corrected chi connectivity index (χ4v) is 1.44. The Morgan fingerprint density at radius 3 is 2.62 bits per heavy atom. The van der Waals surface area contributed by atoms with Crippen molar-refractivity contribution in [3.8, 4) is 0 Å². The van der Waals surface area contributed by atoms with E-state index in [1.165, 1.54) is 7.11 Å². The van der Waals surface area contributed by atoms with Crippen LogP contribution in [0.3, 0.4) is 0 Å². The van der Waals surface area contributed by atoms with E-state index >= 15 is 0 Å². The molecule has 0 radical (unpaired) electrons. The molecular weight excluding hydrogens is 210 g/mol. The van der Waals surface area contributed by atoms with E-state index in [0.717, 1.165) is 6.42 Å². The van der Waals surface area contributed by atoms with Crippen molar-refractivity contribution in [3.05, 3.63) is 11.4 Å². The molecule has 1 aromatic heterocycles. The van der Waals surface area contributed by atoms with E-state index < -0.39 is 5.97 Å². The highest BCUT2D eigenvalue weighted by molar-refractivity contribution is 5.86. The first-order valence-electron chi connectivity index (χ1n) is 5.24. The summed E-state index contributed by atoms with van der Waals surface area (Å²) in [5, 5.41) is 16.6. The summed E-state index contributed by atoms with van der Waals surface area (Å²) in [6, 6.07) is 0.105. The van der Waals surface area contributed by atoms with Crippen LogP contribution in [-0.2, 0) is 4.74 Å². The van der Waals surface area contributed by atoms with Gasteiger partial charge in [0.2, 0.25) is 0 Å². The number of carboxylic acids is 1. The number of carboxylic acid groups (broad SMARTS) is 1. The largest absolute Gasteiger partial charge is 0.476 e. The number of hydrogen-bond acceptors (Lipinski definition) is 4. The second-order valence-electron chi connectivity index (χ2n) is 3.71. The van der Waals surface area contributed by atoms with Gasteiger partial charge in [0, 0.05) is 7.11 Å². The number of rotatable bonds is 5. The third-order valence-corrected chi connectivity index (χ3v) is 2.68. The molecule has 1 heterocycles. The number of aromatic nitrogens is 3.